The third kappa shape index (κ3) is 8.05. The Morgan fingerprint density at radius 1 is 1.19 bits per heavy atom. The monoisotopic (exact) mass is 380 g/mol. The zero-order chi connectivity index (χ0) is 19.5. The third-order valence-corrected chi connectivity index (χ3v) is 4.52. The summed E-state index contributed by atoms with van der Waals surface area (Å²) in [5.74, 6) is -0.686. The Morgan fingerprint density at radius 2 is 1.89 bits per heavy atom. The summed E-state index contributed by atoms with van der Waals surface area (Å²) < 4.78 is 23.4. The van der Waals surface area contributed by atoms with Gasteiger partial charge in [0.25, 0.3) is 0 Å². The van der Waals surface area contributed by atoms with Crippen molar-refractivity contribution in [1.82, 2.24) is 9.80 Å². The largest absolute Gasteiger partial charge is 0.466 e. The van der Waals surface area contributed by atoms with E-state index < -0.39 is 0 Å². The van der Waals surface area contributed by atoms with Crippen LogP contribution in [0, 0.1) is 5.82 Å². The highest BCUT2D eigenvalue weighted by atomic mass is 19.1. The number of morpholine rings is 1. The summed E-state index contributed by atoms with van der Waals surface area (Å²) in [6.07, 6.45) is 1.21. The van der Waals surface area contributed by atoms with Gasteiger partial charge in [0.05, 0.1) is 32.7 Å². The fraction of sp³-hybridized carbons (Fsp3) is 0.600. The number of rotatable bonds is 10. The summed E-state index contributed by atoms with van der Waals surface area (Å²) in [4.78, 5) is 28.4. The van der Waals surface area contributed by atoms with Gasteiger partial charge in [-0.2, -0.15) is 0 Å². The second-order valence-corrected chi connectivity index (χ2v) is 6.55. The molecule has 0 atom stereocenters. The average Bonchev–Trinajstić information content (AvgIpc) is 2.67. The Bertz CT molecular complexity index is 588. The van der Waals surface area contributed by atoms with Gasteiger partial charge < -0.3 is 14.4 Å². The molecule has 1 aliphatic heterocycles. The van der Waals surface area contributed by atoms with Gasteiger partial charge in [0, 0.05) is 32.7 Å². The number of nitrogens with zero attached hydrogens (tertiary/aromatic N) is 2. The molecule has 1 aromatic carbocycles. The summed E-state index contributed by atoms with van der Waals surface area (Å²) >= 11 is 0. The van der Waals surface area contributed by atoms with Crippen molar-refractivity contribution in [3.05, 3.63) is 35.6 Å². The van der Waals surface area contributed by atoms with Crippen molar-refractivity contribution in [1.29, 1.82) is 0 Å². The smallest absolute Gasteiger partial charge is 0.307 e. The molecule has 150 valence electrons. The highest BCUT2D eigenvalue weighted by Crippen LogP contribution is 2.08. The van der Waals surface area contributed by atoms with E-state index in [4.69, 9.17) is 9.47 Å². The van der Waals surface area contributed by atoms with Crippen LogP contribution < -0.4 is 0 Å². The topological polar surface area (TPSA) is 59.1 Å². The molecular formula is C20H29FN2O4. The van der Waals surface area contributed by atoms with Crippen LogP contribution >= 0.6 is 0 Å². The van der Waals surface area contributed by atoms with Gasteiger partial charge in [-0.05, 0) is 31.0 Å². The first-order valence-corrected chi connectivity index (χ1v) is 9.56. The van der Waals surface area contributed by atoms with Crippen molar-refractivity contribution in [2.75, 3.05) is 52.5 Å². The lowest BCUT2D eigenvalue weighted by atomic mass is 10.1. The van der Waals surface area contributed by atoms with Crippen LogP contribution in [-0.2, 0) is 25.5 Å². The molecule has 1 aromatic rings. The number of carbonyl (C=O) groups is 2. The lowest BCUT2D eigenvalue weighted by Gasteiger charge is -2.28. The number of benzene rings is 1. The molecule has 27 heavy (non-hydrogen) atoms. The predicted molar refractivity (Wildman–Crippen MR) is 99.8 cm³/mol. The van der Waals surface area contributed by atoms with E-state index in [1.807, 2.05) is 0 Å². The van der Waals surface area contributed by atoms with Crippen molar-refractivity contribution in [3.63, 3.8) is 0 Å². The van der Waals surface area contributed by atoms with E-state index in [0.717, 1.165) is 44.8 Å². The van der Waals surface area contributed by atoms with Crippen LogP contribution in [-0.4, -0.2) is 74.2 Å². The van der Waals surface area contributed by atoms with E-state index in [9.17, 15) is 14.0 Å². The van der Waals surface area contributed by atoms with Gasteiger partial charge in [-0.25, -0.2) is 4.39 Å². The molecule has 0 aliphatic carbocycles. The number of esters is 1. The number of hydrogen-bond acceptors (Lipinski definition) is 5. The molecule has 1 amide bonds. The molecule has 0 spiro atoms. The molecule has 2 rings (SSSR count). The molecule has 0 N–H and O–H groups in total. The molecule has 0 saturated carbocycles. The minimum atomic E-state index is -0.323. The van der Waals surface area contributed by atoms with Gasteiger partial charge in [0.15, 0.2) is 0 Å². The predicted octanol–water partition coefficient (Wildman–Crippen LogP) is 1.87. The molecule has 7 heteroatoms. The first-order valence-electron chi connectivity index (χ1n) is 9.56. The van der Waals surface area contributed by atoms with Crippen LogP contribution in [0.5, 0.6) is 0 Å². The van der Waals surface area contributed by atoms with Gasteiger partial charge in [-0.1, -0.05) is 12.1 Å². The first kappa shape index (κ1) is 21.3. The number of ether oxygens (including phenoxy) is 2. The molecule has 1 aliphatic rings. The quantitative estimate of drug-likeness (QED) is 0.580. The zero-order valence-corrected chi connectivity index (χ0v) is 16.0. The third-order valence-electron chi connectivity index (χ3n) is 4.52. The van der Waals surface area contributed by atoms with E-state index in [1.165, 1.54) is 12.1 Å². The van der Waals surface area contributed by atoms with Crippen LogP contribution in [0.3, 0.4) is 0 Å². The van der Waals surface area contributed by atoms with Gasteiger partial charge in [0.2, 0.25) is 5.91 Å². The fourth-order valence-electron chi connectivity index (χ4n) is 3.02. The summed E-state index contributed by atoms with van der Waals surface area (Å²) in [5, 5.41) is 0. The Balaban J connectivity index is 1.87. The van der Waals surface area contributed by atoms with Crippen molar-refractivity contribution in [2.24, 2.45) is 0 Å². The molecule has 0 aromatic heterocycles. The second-order valence-electron chi connectivity index (χ2n) is 6.55. The number of carbonyl (C=O) groups excluding carboxylic acids is 2. The first-order chi connectivity index (χ1) is 13.1. The van der Waals surface area contributed by atoms with Gasteiger partial charge in [0.1, 0.15) is 5.82 Å². The Morgan fingerprint density at radius 3 is 2.56 bits per heavy atom. The summed E-state index contributed by atoms with van der Waals surface area (Å²) in [6, 6.07) is 5.93. The second kappa shape index (κ2) is 11.7. The minimum Gasteiger partial charge on any atom is -0.466 e. The van der Waals surface area contributed by atoms with Crippen LogP contribution in [0.25, 0.3) is 0 Å². The maximum atomic E-state index is 13.0. The van der Waals surface area contributed by atoms with Gasteiger partial charge >= 0.3 is 5.97 Å². The van der Waals surface area contributed by atoms with Crippen LogP contribution in [0.4, 0.5) is 4.39 Å². The number of halogens is 1. The van der Waals surface area contributed by atoms with Crippen LogP contribution in [0.1, 0.15) is 25.3 Å². The van der Waals surface area contributed by atoms with Crippen molar-refractivity contribution in [2.45, 2.75) is 26.2 Å². The molecule has 0 radical (unpaired) electrons. The molecule has 1 fully saturated rings. The van der Waals surface area contributed by atoms with E-state index in [0.29, 0.717) is 19.7 Å². The number of amides is 1. The summed E-state index contributed by atoms with van der Waals surface area (Å²) in [7, 11) is 0. The van der Waals surface area contributed by atoms with Crippen LogP contribution in [0.15, 0.2) is 24.3 Å². The highest BCUT2D eigenvalue weighted by Gasteiger charge is 2.17. The lowest BCUT2D eigenvalue weighted by Crippen LogP contribution is -2.40. The Kier molecular flexibility index (Phi) is 9.21. The van der Waals surface area contributed by atoms with E-state index >= 15 is 0 Å². The zero-order valence-electron chi connectivity index (χ0n) is 16.0. The molecule has 0 bridgehead atoms. The van der Waals surface area contributed by atoms with E-state index in [-0.39, 0.29) is 30.5 Å². The van der Waals surface area contributed by atoms with Crippen molar-refractivity contribution < 1.29 is 23.5 Å². The fourth-order valence-corrected chi connectivity index (χ4v) is 3.02. The molecular weight excluding hydrogens is 351 g/mol. The summed E-state index contributed by atoms with van der Waals surface area (Å²) in [5.41, 5.74) is 0.760. The van der Waals surface area contributed by atoms with Gasteiger partial charge in [-0.3, -0.25) is 14.5 Å². The lowest BCUT2D eigenvalue weighted by molar-refractivity contribution is -0.144. The average molecular weight is 380 g/mol. The maximum Gasteiger partial charge on any atom is 0.307 e. The molecule has 6 nitrogen and oxygen atoms in total. The highest BCUT2D eigenvalue weighted by molar-refractivity contribution is 5.79. The molecule has 1 saturated heterocycles. The SMILES string of the molecule is CCOC(=O)CCN(CCCN1CCOCC1)C(=O)Cc1ccc(F)cc1. The normalized spacial score (nSPS) is 14.7. The summed E-state index contributed by atoms with van der Waals surface area (Å²) in [6.45, 7) is 7.21. The Labute approximate surface area is 160 Å². The number of hydrogen-bond donors (Lipinski definition) is 0. The standard InChI is InChI=1S/C20H29FN2O4/c1-2-27-20(25)8-11-23(10-3-9-22-12-14-26-15-13-22)19(24)16-17-4-6-18(21)7-5-17/h4-7H,2-3,8-16H2,1H3. The Hall–Kier alpha value is -1.99. The maximum absolute atomic E-state index is 13.0. The minimum absolute atomic E-state index is 0.0621. The molecule has 1 heterocycles. The van der Waals surface area contributed by atoms with Gasteiger partial charge in [-0.15, -0.1) is 0 Å². The molecule has 0 unspecified atom stereocenters. The van der Waals surface area contributed by atoms with Crippen molar-refractivity contribution in [3.8, 4) is 0 Å². The van der Waals surface area contributed by atoms with Crippen molar-refractivity contribution >= 4 is 11.9 Å². The van der Waals surface area contributed by atoms with Crippen LogP contribution in [0.2, 0.25) is 0 Å². The van der Waals surface area contributed by atoms with E-state index in [1.54, 1.807) is 24.0 Å². The van der Waals surface area contributed by atoms with E-state index in [2.05, 4.69) is 4.90 Å².